The number of aryl methyl sites for hydroxylation is 1. The zero-order valence-corrected chi connectivity index (χ0v) is 11.8. The Labute approximate surface area is 118 Å². The Morgan fingerprint density at radius 3 is 3.05 bits per heavy atom. The van der Waals surface area contributed by atoms with E-state index in [-0.39, 0.29) is 0 Å². The summed E-state index contributed by atoms with van der Waals surface area (Å²) >= 11 is 3.42. The number of benzene rings is 1. The summed E-state index contributed by atoms with van der Waals surface area (Å²) < 4.78 is 8.56. The fourth-order valence-electron chi connectivity index (χ4n) is 1.78. The summed E-state index contributed by atoms with van der Waals surface area (Å²) in [5.41, 5.74) is 7.40. The molecule has 3 rings (SSSR count). The lowest BCUT2D eigenvalue weighted by Gasteiger charge is -2.09. The molecular weight excluding hydrogens is 308 g/mol. The molecule has 0 aliphatic heterocycles. The Hall–Kier alpha value is -2.08. The molecule has 96 valence electrons. The molecular formula is C13H11BrN4O. The molecule has 0 unspecified atom stereocenters. The van der Waals surface area contributed by atoms with E-state index in [4.69, 9.17) is 10.5 Å². The van der Waals surface area contributed by atoms with Gasteiger partial charge in [0.2, 0.25) is 5.65 Å². The molecule has 0 saturated heterocycles. The third kappa shape index (κ3) is 2.26. The van der Waals surface area contributed by atoms with E-state index in [2.05, 4.69) is 25.9 Å². The second kappa shape index (κ2) is 4.55. The van der Waals surface area contributed by atoms with Gasteiger partial charge < -0.3 is 10.5 Å². The van der Waals surface area contributed by atoms with Gasteiger partial charge in [0.05, 0.1) is 6.20 Å². The maximum atomic E-state index is 5.84. The monoisotopic (exact) mass is 318 g/mol. The minimum absolute atomic E-state index is 0.383. The Morgan fingerprint density at radius 2 is 2.21 bits per heavy atom. The van der Waals surface area contributed by atoms with Crippen molar-refractivity contribution in [1.29, 1.82) is 0 Å². The standard InChI is InChI=1S/C13H11BrN4O/c1-8-2-3-9(14)6-10(8)19-13-12-16-4-5-18(12)7-11(15)17-13/h2-7H,15H2,1H3. The van der Waals surface area contributed by atoms with Crippen LogP contribution in [-0.2, 0) is 0 Å². The molecule has 2 aromatic heterocycles. The van der Waals surface area contributed by atoms with Crippen molar-refractivity contribution in [2.75, 3.05) is 5.73 Å². The van der Waals surface area contributed by atoms with Crippen LogP contribution in [0.1, 0.15) is 5.56 Å². The third-order valence-corrected chi connectivity index (χ3v) is 3.21. The van der Waals surface area contributed by atoms with Gasteiger partial charge in [-0.3, -0.25) is 4.40 Å². The second-order valence-corrected chi connectivity index (χ2v) is 5.06. The fourth-order valence-corrected chi connectivity index (χ4v) is 2.12. The smallest absolute Gasteiger partial charge is 0.265 e. The third-order valence-electron chi connectivity index (χ3n) is 2.72. The van der Waals surface area contributed by atoms with E-state index in [0.29, 0.717) is 17.3 Å². The summed E-state index contributed by atoms with van der Waals surface area (Å²) in [4.78, 5) is 8.41. The van der Waals surface area contributed by atoms with Crippen LogP contribution in [0, 0.1) is 6.92 Å². The van der Waals surface area contributed by atoms with Crippen molar-refractivity contribution >= 4 is 27.4 Å². The van der Waals surface area contributed by atoms with E-state index in [0.717, 1.165) is 15.8 Å². The highest BCUT2D eigenvalue weighted by molar-refractivity contribution is 9.10. The largest absolute Gasteiger partial charge is 0.436 e. The van der Waals surface area contributed by atoms with Crippen LogP contribution >= 0.6 is 15.9 Å². The van der Waals surface area contributed by atoms with E-state index >= 15 is 0 Å². The highest BCUT2D eigenvalue weighted by Crippen LogP contribution is 2.29. The molecule has 0 saturated carbocycles. The van der Waals surface area contributed by atoms with Crippen molar-refractivity contribution in [2.24, 2.45) is 0 Å². The number of ether oxygens (including phenoxy) is 1. The van der Waals surface area contributed by atoms with Crippen molar-refractivity contribution in [2.45, 2.75) is 6.92 Å². The maximum absolute atomic E-state index is 5.84. The van der Waals surface area contributed by atoms with Crippen LogP contribution in [0.3, 0.4) is 0 Å². The lowest BCUT2D eigenvalue weighted by molar-refractivity contribution is 0.462. The average molecular weight is 319 g/mol. The Balaban J connectivity index is 2.10. The van der Waals surface area contributed by atoms with Crippen molar-refractivity contribution in [3.63, 3.8) is 0 Å². The molecule has 0 aliphatic rings. The van der Waals surface area contributed by atoms with Crippen LogP contribution in [0.25, 0.3) is 5.65 Å². The van der Waals surface area contributed by atoms with Crippen LogP contribution in [0.2, 0.25) is 0 Å². The summed E-state index contributed by atoms with van der Waals surface area (Å²) in [6, 6.07) is 5.81. The molecule has 0 amide bonds. The predicted octanol–water partition coefficient (Wildman–Crippen LogP) is 3.17. The minimum Gasteiger partial charge on any atom is -0.436 e. The Morgan fingerprint density at radius 1 is 1.37 bits per heavy atom. The van der Waals surface area contributed by atoms with Gasteiger partial charge >= 0.3 is 0 Å². The number of imidazole rings is 1. The van der Waals surface area contributed by atoms with Crippen molar-refractivity contribution in [3.8, 4) is 11.6 Å². The molecule has 0 spiro atoms. The zero-order valence-electron chi connectivity index (χ0n) is 10.2. The molecule has 1 aromatic carbocycles. The molecule has 2 N–H and O–H groups in total. The number of rotatable bonds is 2. The first-order valence-electron chi connectivity index (χ1n) is 5.66. The molecule has 6 heteroatoms. The van der Waals surface area contributed by atoms with Crippen molar-refractivity contribution in [1.82, 2.24) is 14.4 Å². The number of halogens is 1. The topological polar surface area (TPSA) is 65.4 Å². The first kappa shape index (κ1) is 12.0. The lowest BCUT2D eigenvalue weighted by atomic mass is 10.2. The lowest BCUT2D eigenvalue weighted by Crippen LogP contribution is -1.99. The van der Waals surface area contributed by atoms with E-state index in [1.54, 1.807) is 23.0 Å². The van der Waals surface area contributed by atoms with Gasteiger partial charge in [0, 0.05) is 16.9 Å². The van der Waals surface area contributed by atoms with Crippen LogP contribution < -0.4 is 10.5 Å². The summed E-state index contributed by atoms with van der Waals surface area (Å²) in [7, 11) is 0. The number of anilines is 1. The SMILES string of the molecule is Cc1ccc(Br)cc1Oc1nc(N)cn2ccnc12. The number of nitrogens with zero attached hydrogens (tertiary/aromatic N) is 3. The summed E-state index contributed by atoms with van der Waals surface area (Å²) in [6.45, 7) is 1.97. The number of fused-ring (bicyclic) bond motifs is 1. The van der Waals surface area contributed by atoms with Crippen LogP contribution in [0.5, 0.6) is 11.6 Å². The van der Waals surface area contributed by atoms with E-state index in [1.807, 2.05) is 25.1 Å². The highest BCUT2D eigenvalue weighted by atomic mass is 79.9. The van der Waals surface area contributed by atoms with E-state index in [9.17, 15) is 0 Å². The van der Waals surface area contributed by atoms with Gasteiger partial charge in [0.15, 0.2) is 0 Å². The van der Waals surface area contributed by atoms with Crippen molar-refractivity contribution < 1.29 is 4.74 Å². The van der Waals surface area contributed by atoms with Gasteiger partial charge in [-0.25, -0.2) is 4.98 Å². The zero-order chi connectivity index (χ0) is 13.4. The molecule has 0 radical (unpaired) electrons. The number of nitrogens with two attached hydrogens (primary N) is 1. The van der Waals surface area contributed by atoms with Gasteiger partial charge in [-0.2, -0.15) is 4.98 Å². The van der Waals surface area contributed by atoms with Crippen LogP contribution in [0.4, 0.5) is 5.82 Å². The molecule has 0 bridgehead atoms. The molecule has 3 aromatic rings. The maximum Gasteiger partial charge on any atom is 0.265 e. The van der Waals surface area contributed by atoms with Crippen molar-refractivity contribution in [3.05, 3.63) is 46.8 Å². The van der Waals surface area contributed by atoms with Crippen LogP contribution in [0.15, 0.2) is 41.3 Å². The van der Waals surface area contributed by atoms with Gasteiger partial charge in [-0.1, -0.05) is 22.0 Å². The summed E-state index contributed by atoms with van der Waals surface area (Å²) in [5.74, 6) is 1.50. The summed E-state index contributed by atoms with van der Waals surface area (Å²) in [6.07, 6.45) is 5.17. The number of hydrogen-bond acceptors (Lipinski definition) is 4. The van der Waals surface area contributed by atoms with E-state index < -0.39 is 0 Å². The first-order chi connectivity index (χ1) is 9.13. The molecule has 19 heavy (non-hydrogen) atoms. The molecule has 2 heterocycles. The van der Waals surface area contributed by atoms with Crippen LogP contribution in [-0.4, -0.2) is 14.4 Å². The van der Waals surface area contributed by atoms with Gasteiger partial charge in [0.1, 0.15) is 11.6 Å². The normalized spacial score (nSPS) is 10.8. The first-order valence-corrected chi connectivity index (χ1v) is 6.46. The molecule has 0 fully saturated rings. The quantitative estimate of drug-likeness (QED) is 0.788. The summed E-state index contributed by atoms with van der Waals surface area (Å²) in [5, 5.41) is 0. The molecule has 5 nitrogen and oxygen atoms in total. The number of aromatic nitrogens is 3. The fraction of sp³-hybridized carbons (Fsp3) is 0.0769. The predicted molar refractivity (Wildman–Crippen MR) is 76.4 cm³/mol. The van der Waals surface area contributed by atoms with Gasteiger partial charge in [-0.15, -0.1) is 0 Å². The Bertz CT molecular complexity index is 753. The van der Waals surface area contributed by atoms with Gasteiger partial charge in [0.25, 0.3) is 5.88 Å². The molecule has 0 atom stereocenters. The minimum atomic E-state index is 0.383. The highest BCUT2D eigenvalue weighted by Gasteiger charge is 2.10. The number of hydrogen-bond donors (Lipinski definition) is 1. The number of nitrogen functional groups attached to an aromatic ring is 1. The molecule has 0 aliphatic carbocycles. The van der Waals surface area contributed by atoms with E-state index in [1.165, 1.54) is 0 Å². The van der Waals surface area contributed by atoms with Gasteiger partial charge in [-0.05, 0) is 24.6 Å². The average Bonchev–Trinajstić information content (AvgIpc) is 2.82. The second-order valence-electron chi connectivity index (χ2n) is 4.14. The Kier molecular flexibility index (Phi) is 2.87.